The third kappa shape index (κ3) is 5.55. The van der Waals surface area contributed by atoms with Crippen LogP contribution in [0.5, 0.6) is 5.88 Å². The molecule has 0 atom stereocenters. The molecular weight excluding hydrogens is 246 g/mol. The average Bonchev–Trinajstić information content (AvgIpc) is 2.37. The van der Waals surface area contributed by atoms with Gasteiger partial charge in [0.2, 0.25) is 5.88 Å². The number of aromatic nitrogens is 1. The fraction of sp³-hybridized carbons (Fsp3) is 0.643. The Hall–Kier alpha value is -1.17. The summed E-state index contributed by atoms with van der Waals surface area (Å²) in [5, 5.41) is 9.32. The Balaban J connectivity index is 2.36. The number of hydrogen-bond donors (Lipinski definition) is 1. The minimum absolute atomic E-state index is 0.0663. The second kappa shape index (κ2) is 8.85. The fourth-order valence-electron chi connectivity index (χ4n) is 1.75. The highest BCUT2D eigenvalue weighted by atomic mass is 16.5. The van der Waals surface area contributed by atoms with E-state index in [1.165, 1.54) is 0 Å². The molecular formula is C14H23NO4. The molecule has 0 fully saturated rings. The van der Waals surface area contributed by atoms with Crippen molar-refractivity contribution in [2.75, 3.05) is 33.5 Å². The number of nitrogens with zero attached hydrogens (tertiary/aromatic N) is 1. The molecule has 108 valence electrons. The molecule has 0 unspecified atom stereocenters. The van der Waals surface area contributed by atoms with Gasteiger partial charge in [-0.05, 0) is 31.9 Å². The van der Waals surface area contributed by atoms with Gasteiger partial charge in [0.15, 0.2) is 0 Å². The van der Waals surface area contributed by atoms with Crippen LogP contribution in [-0.2, 0) is 16.1 Å². The van der Waals surface area contributed by atoms with E-state index in [2.05, 4.69) is 4.98 Å². The first-order chi connectivity index (χ1) is 9.19. The van der Waals surface area contributed by atoms with E-state index in [4.69, 9.17) is 14.2 Å². The lowest BCUT2D eigenvalue weighted by atomic mass is 10.1. The maximum Gasteiger partial charge on any atom is 0.219 e. The molecule has 0 aliphatic heterocycles. The van der Waals surface area contributed by atoms with Crippen molar-refractivity contribution in [3.05, 3.63) is 22.9 Å². The Morgan fingerprint density at radius 1 is 1.16 bits per heavy atom. The zero-order valence-corrected chi connectivity index (χ0v) is 11.9. The summed E-state index contributed by atoms with van der Waals surface area (Å²) in [5.74, 6) is 0.500. The van der Waals surface area contributed by atoms with Gasteiger partial charge in [0.1, 0.15) is 6.61 Å². The molecule has 19 heavy (non-hydrogen) atoms. The minimum Gasteiger partial charge on any atom is -0.475 e. The van der Waals surface area contributed by atoms with E-state index in [9.17, 15) is 5.11 Å². The molecule has 5 nitrogen and oxygen atoms in total. The Bertz CT molecular complexity index is 382. The second-order valence-corrected chi connectivity index (χ2v) is 4.33. The lowest BCUT2D eigenvalue weighted by molar-refractivity contribution is 0.0788. The summed E-state index contributed by atoms with van der Waals surface area (Å²) in [5.41, 5.74) is 2.61. The first kappa shape index (κ1) is 15.9. The van der Waals surface area contributed by atoms with Crippen LogP contribution in [0.15, 0.2) is 6.07 Å². The predicted molar refractivity (Wildman–Crippen MR) is 72.4 cm³/mol. The summed E-state index contributed by atoms with van der Waals surface area (Å²) >= 11 is 0. The van der Waals surface area contributed by atoms with Gasteiger partial charge in [0, 0.05) is 31.6 Å². The number of aliphatic hydroxyl groups excluding tert-OH is 1. The standard InChI is InChI=1S/C14H23NO4/c1-11-9-12(2)15-14(13(11)10-16)19-8-7-18-6-4-5-17-3/h9,16H,4-8,10H2,1-3H3. The highest BCUT2D eigenvalue weighted by molar-refractivity contribution is 5.35. The van der Waals surface area contributed by atoms with Crippen molar-refractivity contribution >= 4 is 0 Å². The van der Waals surface area contributed by atoms with Gasteiger partial charge in [-0.25, -0.2) is 4.98 Å². The quantitative estimate of drug-likeness (QED) is 0.690. The molecule has 1 heterocycles. The largest absolute Gasteiger partial charge is 0.475 e. The van der Waals surface area contributed by atoms with E-state index in [0.29, 0.717) is 32.3 Å². The van der Waals surface area contributed by atoms with E-state index >= 15 is 0 Å². The summed E-state index contributed by atoms with van der Waals surface area (Å²) in [6.45, 7) is 6.07. The number of aryl methyl sites for hydroxylation is 2. The lowest BCUT2D eigenvalue weighted by Gasteiger charge is -2.12. The summed E-state index contributed by atoms with van der Waals surface area (Å²) in [4.78, 5) is 4.29. The molecule has 0 aliphatic carbocycles. The monoisotopic (exact) mass is 269 g/mol. The van der Waals surface area contributed by atoms with E-state index in [1.807, 2.05) is 19.9 Å². The molecule has 0 amide bonds. The van der Waals surface area contributed by atoms with Crippen LogP contribution in [0.2, 0.25) is 0 Å². The van der Waals surface area contributed by atoms with Crippen molar-refractivity contribution in [1.82, 2.24) is 4.98 Å². The van der Waals surface area contributed by atoms with E-state index < -0.39 is 0 Å². The van der Waals surface area contributed by atoms with Crippen LogP contribution >= 0.6 is 0 Å². The zero-order chi connectivity index (χ0) is 14.1. The van der Waals surface area contributed by atoms with Crippen LogP contribution in [-0.4, -0.2) is 43.6 Å². The molecule has 0 radical (unpaired) electrons. The Morgan fingerprint density at radius 2 is 1.95 bits per heavy atom. The molecule has 0 aromatic carbocycles. The van der Waals surface area contributed by atoms with Gasteiger partial charge in [-0.15, -0.1) is 0 Å². The first-order valence-corrected chi connectivity index (χ1v) is 6.46. The molecule has 0 bridgehead atoms. The highest BCUT2D eigenvalue weighted by Gasteiger charge is 2.09. The summed E-state index contributed by atoms with van der Waals surface area (Å²) < 4.78 is 15.9. The van der Waals surface area contributed by atoms with Crippen molar-refractivity contribution < 1.29 is 19.3 Å². The van der Waals surface area contributed by atoms with Gasteiger partial charge in [0.25, 0.3) is 0 Å². The zero-order valence-electron chi connectivity index (χ0n) is 11.9. The topological polar surface area (TPSA) is 60.8 Å². The van der Waals surface area contributed by atoms with E-state index in [-0.39, 0.29) is 6.61 Å². The molecule has 5 heteroatoms. The third-order valence-corrected chi connectivity index (χ3v) is 2.70. The molecule has 1 N–H and O–H groups in total. The Labute approximate surface area is 114 Å². The van der Waals surface area contributed by atoms with Crippen molar-refractivity contribution in [2.24, 2.45) is 0 Å². The summed E-state index contributed by atoms with van der Waals surface area (Å²) in [6.07, 6.45) is 0.875. The molecule has 0 saturated carbocycles. The van der Waals surface area contributed by atoms with E-state index in [1.54, 1.807) is 7.11 Å². The number of ether oxygens (including phenoxy) is 3. The number of pyridine rings is 1. The average molecular weight is 269 g/mol. The number of rotatable bonds is 9. The smallest absolute Gasteiger partial charge is 0.219 e. The van der Waals surface area contributed by atoms with E-state index in [0.717, 1.165) is 23.2 Å². The number of hydrogen-bond acceptors (Lipinski definition) is 5. The molecule has 1 aromatic rings. The van der Waals surface area contributed by atoms with Gasteiger partial charge in [-0.3, -0.25) is 0 Å². The molecule has 0 saturated heterocycles. The van der Waals surface area contributed by atoms with Crippen molar-refractivity contribution in [2.45, 2.75) is 26.9 Å². The van der Waals surface area contributed by atoms with Gasteiger partial charge in [-0.1, -0.05) is 0 Å². The minimum atomic E-state index is -0.0663. The maximum absolute atomic E-state index is 9.32. The summed E-state index contributed by atoms with van der Waals surface area (Å²) in [6, 6.07) is 1.93. The second-order valence-electron chi connectivity index (χ2n) is 4.33. The van der Waals surface area contributed by atoms with Crippen molar-refractivity contribution in [3.8, 4) is 5.88 Å². The van der Waals surface area contributed by atoms with Crippen LogP contribution in [0.1, 0.15) is 23.2 Å². The van der Waals surface area contributed by atoms with Crippen molar-refractivity contribution in [1.29, 1.82) is 0 Å². The SMILES string of the molecule is COCCCOCCOc1nc(C)cc(C)c1CO. The predicted octanol–water partition coefficient (Wildman–Crippen LogP) is 1.62. The van der Waals surface area contributed by atoms with Crippen LogP contribution in [0.3, 0.4) is 0 Å². The molecule has 1 aromatic heterocycles. The summed E-state index contributed by atoms with van der Waals surface area (Å²) in [7, 11) is 1.67. The lowest BCUT2D eigenvalue weighted by Crippen LogP contribution is -2.11. The maximum atomic E-state index is 9.32. The number of aliphatic hydroxyl groups is 1. The first-order valence-electron chi connectivity index (χ1n) is 6.46. The van der Waals surface area contributed by atoms with Crippen LogP contribution < -0.4 is 4.74 Å². The highest BCUT2D eigenvalue weighted by Crippen LogP contribution is 2.20. The van der Waals surface area contributed by atoms with Crippen LogP contribution in [0.25, 0.3) is 0 Å². The van der Waals surface area contributed by atoms with Gasteiger partial charge < -0.3 is 19.3 Å². The Morgan fingerprint density at radius 3 is 2.63 bits per heavy atom. The van der Waals surface area contributed by atoms with Crippen LogP contribution in [0.4, 0.5) is 0 Å². The number of methoxy groups -OCH3 is 1. The van der Waals surface area contributed by atoms with Gasteiger partial charge in [0.05, 0.1) is 13.2 Å². The van der Waals surface area contributed by atoms with Gasteiger partial charge in [-0.2, -0.15) is 0 Å². The van der Waals surface area contributed by atoms with Crippen LogP contribution in [0, 0.1) is 13.8 Å². The molecule has 1 rings (SSSR count). The molecule has 0 spiro atoms. The van der Waals surface area contributed by atoms with Gasteiger partial charge >= 0.3 is 0 Å². The third-order valence-electron chi connectivity index (χ3n) is 2.70. The van der Waals surface area contributed by atoms with Crippen molar-refractivity contribution in [3.63, 3.8) is 0 Å². The Kier molecular flexibility index (Phi) is 7.40. The normalized spacial score (nSPS) is 10.7. The fourth-order valence-corrected chi connectivity index (χ4v) is 1.75. The molecule has 0 aliphatic rings.